The largest absolute Gasteiger partial charge is 0.346 e. The lowest BCUT2D eigenvalue weighted by Gasteiger charge is -2.14. The van der Waals surface area contributed by atoms with Crippen LogP contribution >= 0.6 is 0 Å². The van der Waals surface area contributed by atoms with E-state index in [0.717, 1.165) is 12.5 Å². The van der Waals surface area contributed by atoms with Gasteiger partial charge >= 0.3 is 0 Å². The van der Waals surface area contributed by atoms with Crippen molar-refractivity contribution in [3.8, 4) is 0 Å². The highest BCUT2D eigenvalue weighted by Gasteiger charge is 2.21. The number of fused-ring (bicyclic) bond motifs is 1. The maximum Gasteiger partial charge on any atom is 0.0483 e. The molecule has 1 heterocycles. The van der Waals surface area contributed by atoms with Crippen molar-refractivity contribution in [2.75, 3.05) is 0 Å². The van der Waals surface area contributed by atoms with Crippen LogP contribution in [0.25, 0.3) is 10.9 Å². The summed E-state index contributed by atoms with van der Waals surface area (Å²) in [6.07, 6.45) is 4.05. The zero-order valence-corrected chi connectivity index (χ0v) is 12.2. The summed E-state index contributed by atoms with van der Waals surface area (Å²) in [6, 6.07) is 9.41. The molecule has 1 aliphatic rings. The fourth-order valence-electron chi connectivity index (χ4n) is 3.52. The fourth-order valence-corrected chi connectivity index (χ4v) is 3.52. The second kappa shape index (κ2) is 5.01. The summed E-state index contributed by atoms with van der Waals surface area (Å²) in [5.74, 6) is 0.895. The molecule has 1 fully saturated rings. The van der Waals surface area contributed by atoms with Gasteiger partial charge in [0.15, 0.2) is 0 Å². The third kappa shape index (κ3) is 2.30. The van der Waals surface area contributed by atoms with Crippen LogP contribution in [-0.2, 0) is 13.6 Å². The second-order valence-corrected chi connectivity index (χ2v) is 6.14. The van der Waals surface area contributed by atoms with Gasteiger partial charge in [0, 0.05) is 36.2 Å². The summed E-state index contributed by atoms with van der Waals surface area (Å²) in [6.45, 7) is 5.61. The van der Waals surface area contributed by atoms with Crippen molar-refractivity contribution in [3.63, 3.8) is 0 Å². The molecule has 3 rings (SSSR count). The maximum absolute atomic E-state index is 3.75. The third-order valence-electron chi connectivity index (χ3n) is 4.76. The molecular formula is C17H24N2. The van der Waals surface area contributed by atoms with Gasteiger partial charge in [-0.1, -0.05) is 25.1 Å². The van der Waals surface area contributed by atoms with E-state index in [4.69, 9.17) is 0 Å². The Balaban J connectivity index is 1.81. The van der Waals surface area contributed by atoms with Crippen molar-refractivity contribution in [1.82, 2.24) is 9.88 Å². The van der Waals surface area contributed by atoms with Crippen LogP contribution in [-0.4, -0.2) is 10.6 Å². The zero-order valence-electron chi connectivity index (χ0n) is 12.2. The fraction of sp³-hybridized carbons (Fsp3) is 0.529. The van der Waals surface area contributed by atoms with Crippen LogP contribution in [0.2, 0.25) is 0 Å². The van der Waals surface area contributed by atoms with Crippen LogP contribution in [0.4, 0.5) is 0 Å². The highest BCUT2D eigenvalue weighted by Crippen LogP contribution is 2.27. The van der Waals surface area contributed by atoms with E-state index < -0.39 is 0 Å². The van der Waals surface area contributed by atoms with Crippen molar-refractivity contribution in [1.29, 1.82) is 0 Å². The van der Waals surface area contributed by atoms with E-state index >= 15 is 0 Å². The smallest absolute Gasteiger partial charge is 0.0483 e. The van der Waals surface area contributed by atoms with E-state index in [1.807, 2.05) is 0 Å². The summed E-state index contributed by atoms with van der Waals surface area (Å²) in [5.41, 5.74) is 4.20. The van der Waals surface area contributed by atoms with Gasteiger partial charge in [0.05, 0.1) is 0 Å². The Morgan fingerprint density at radius 2 is 2.05 bits per heavy atom. The summed E-state index contributed by atoms with van der Waals surface area (Å²) >= 11 is 0. The Bertz CT molecular complexity index is 543. The summed E-state index contributed by atoms with van der Waals surface area (Å²) in [7, 11) is 2.18. The molecule has 0 radical (unpaired) electrons. The van der Waals surface area contributed by atoms with Crippen LogP contribution < -0.4 is 5.32 Å². The van der Waals surface area contributed by atoms with Gasteiger partial charge < -0.3 is 9.88 Å². The van der Waals surface area contributed by atoms with Crippen molar-refractivity contribution >= 4 is 10.9 Å². The first-order valence-corrected chi connectivity index (χ1v) is 7.43. The quantitative estimate of drug-likeness (QED) is 0.884. The Labute approximate surface area is 115 Å². The minimum atomic E-state index is 0.715. The molecule has 102 valence electrons. The highest BCUT2D eigenvalue weighted by atomic mass is 15.0. The number of benzene rings is 1. The number of aromatic nitrogens is 1. The molecule has 2 atom stereocenters. The maximum atomic E-state index is 3.75. The average molecular weight is 256 g/mol. The summed E-state index contributed by atoms with van der Waals surface area (Å²) < 4.78 is 2.34. The van der Waals surface area contributed by atoms with Crippen LogP contribution in [0, 0.1) is 12.8 Å². The molecule has 19 heavy (non-hydrogen) atoms. The lowest BCUT2D eigenvalue weighted by atomic mass is 10.1. The van der Waals surface area contributed by atoms with Gasteiger partial charge in [-0.15, -0.1) is 0 Å². The number of nitrogens with zero attached hydrogens (tertiary/aromatic N) is 1. The Hall–Kier alpha value is -1.28. The third-order valence-corrected chi connectivity index (χ3v) is 4.76. The lowest BCUT2D eigenvalue weighted by molar-refractivity contribution is 0.494. The number of rotatable bonds is 3. The van der Waals surface area contributed by atoms with E-state index in [0.29, 0.717) is 6.04 Å². The molecule has 1 aliphatic carbocycles. The predicted molar refractivity (Wildman–Crippen MR) is 81.3 cm³/mol. The van der Waals surface area contributed by atoms with E-state index in [1.54, 1.807) is 0 Å². The minimum Gasteiger partial charge on any atom is -0.346 e. The van der Waals surface area contributed by atoms with Crippen LogP contribution in [0.5, 0.6) is 0 Å². The van der Waals surface area contributed by atoms with Gasteiger partial charge in [-0.05, 0) is 43.7 Å². The normalized spacial score (nSPS) is 23.3. The van der Waals surface area contributed by atoms with Gasteiger partial charge in [-0.25, -0.2) is 0 Å². The van der Waals surface area contributed by atoms with Crippen LogP contribution in [0.3, 0.4) is 0 Å². The summed E-state index contributed by atoms with van der Waals surface area (Å²) in [5, 5.41) is 5.14. The van der Waals surface area contributed by atoms with Crippen molar-refractivity contribution in [3.05, 3.63) is 35.5 Å². The van der Waals surface area contributed by atoms with Crippen molar-refractivity contribution in [2.24, 2.45) is 13.0 Å². The number of aryl methyl sites for hydroxylation is 2. The molecule has 1 saturated carbocycles. The van der Waals surface area contributed by atoms with Gasteiger partial charge in [-0.3, -0.25) is 0 Å². The van der Waals surface area contributed by atoms with Gasteiger partial charge in [0.1, 0.15) is 0 Å². The first kappa shape index (κ1) is 12.7. The molecule has 0 amide bonds. The van der Waals surface area contributed by atoms with Gasteiger partial charge in [0.25, 0.3) is 0 Å². The molecule has 2 heteroatoms. The average Bonchev–Trinajstić information content (AvgIpc) is 2.93. The lowest BCUT2D eigenvalue weighted by Crippen LogP contribution is -2.27. The number of hydrogen-bond donors (Lipinski definition) is 1. The molecule has 2 unspecified atom stereocenters. The molecule has 0 saturated heterocycles. The molecule has 2 nitrogen and oxygen atoms in total. The molecule has 0 spiro atoms. The van der Waals surface area contributed by atoms with Crippen LogP contribution in [0.15, 0.2) is 24.3 Å². The van der Waals surface area contributed by atoms with Gasteiger partial charge in [0.2, 0.25) is 0 Å². The Morgan fingerprint density at radius 1 is 1.26 bits per heavy atom. The van der Waals surface area contributed by atoms with Crippen molar-refractivity contribution in [2.45, 2.75) is 45.7 Å². The number of nitrogens with one attached hydrogen (secondary N) is 1. The van der Waals surface area contributed by atoms with E-state index in [-0.39, 0.29) is 0 Å². The number of para-hydroxylation sites is 1. The number of hydrogen-bond acceptors (Lipinski definition) is 1. The van der Waals surface area contributed by atoms with E-state index in [9.17, 15) is 0 Å². The molecule has 1 aromatic heterocycles. The van der Waals surface area contributed by atoms with E-state index in [2.05, 4.69) is 55.0 Å². The first-order chi connectivity index (χ1) is 9.16. The SMILES string of the molecule is Cc1c(CNC2CCC(C)C2)n(C)c2ccccc12. The predicted octanol–water partition coefficient (Wildman–Crippen LogP) is 3.76. The van der Waals surface area contributed by atoms with Crippen molar-refractivity contribution < 1.29 is 0 Å². The minimum absolute atomic E-state index is 0.715. The van der Waals surface area contributed by atoms with Gasteiger partial charge in [-0.2, -0.15) is 0 Å². The highest BCUT2D eigenvalue weighted by molar-refractivity contribution is 5.85. The summed E-state index contributed by atoms with van der Waals surface area (Å²) in [4.78, 5) is 0. The topological polar surface area (TPSA) is 17.0 Å². The Kier molecular flexibility index (Phi) is 3.36. The molecule has 0 bridgehead atoms. The first-order valence-electron chi connectivity index (χ1n) is 7.43. The van der Waals surface area contributed by atoms with Crippen LogP contribution in [0.1, 0.15) is 37.4 Å². The zero-order chi connectivity index (χ0) is 13.4. The molecule has 2 aromatic rings. The molecule has 1 N–H and O–H groups in total. The molecular weight excluding hydrogens is 232 g/mol. The molecule has 1 aromatic carbocycles. The molecule has 0 aliphatic heterocycles. The second-order valence-electron chi connectivity index (χ2n) is 6.14. The standard InChI is InChI=1S/C17H24N2/c1-12-8-9-14(10-12)18-11-17-13(2)15-6-4-5-7-16(15)19(17)3/h4-7,12,14,18H,8-11H2,1-3H3. The van der Waals surface area contributed by atoms with E-state index in [1.165, 1.54) is 41.4 Å². The Morgan fingerprint density at radius 3 is 2.74 bits per heavy atom. The monoisotopic (exact) mass is 256 g/mol.